The lowest BCUT2D eigenvalue weighted by Gasteiger charge is -2.59. The van der Waals surface area contributed by atoms with Gasteiger partial charge in [0.05, 0.1) is 17.1 Å². The Balaban J connectivity index is 1.28. The van der Waals surface area contributed by atoms with Crippen molar-refractivity contribution >= 4 is 16.7 Å². The van der Waals surface area contributed by atoms with Gasteiger partial charge >= 0.3 is 0 Å². The van der Waals surface area contributed by atoms with Gasteiger partial charge in [-0.1, -0.05) is 30.3 Å². The number of nitrogens with zero attached hydrogens (tertiary/aromatic N) is 3. The largest absolute Gasteiger partial charge is 0.355 e. The van der Waals surface area contributed by atoms with Gasteiger partial charge in [0, 0.05) is 23.9 Å². The van der Waals surface area contributed by atoms with Crippen molar-refractivity contribution < 1.29 is 0 Å². The Morgan fingerprint density at radius 2 is 1.80 bits per heavy atom. The minimum Gasteiger partial charge on any atom is -0.355 e. The summed E-state index contributed by atoms with van der Waals surface area (Å²) in [4.78, 5) is 7.18. The molecule has 1 aromatic heterocycles. The molecular weight excluding hydrogens is 306 g/mol. The van der Waals surface area contributed by atoms with Gasteiger partial charge in [-0.15, -0.1) is 0 Å². The van der Waals surface area contributed by atoms with Crippen LogP contribution in [-0.2, 0) is 0 Å². The Bertz CT molecular complexity index is 973. The fourth-order valence-corrected chi connectivity index (χ4v) is 4.49. The molecule has 2 aromatic carbocycles. The van der Waals surface area contributed by atoms with Crippen molar-refractivity contribution in [2.75, 3.05) is 18.0 Å². The van der Waals surface area contributed by atoms with Crippen LogP contribution in [0.3, 0.4) is 0 Å². The average Bonchev–Trinajstić information content (AvgIpc) is 2.59. The molecule has 2 heterocycles. The van der Waals surface area contributed by atoms with E-state index in [0.29, 0.717) is 11.0 Å². The Labute approximate surface area is 147 Å². The number of pyridine rings is 1. The molecule has 2 aliphatic rings. The van der Waals surface area contributed by atoms with Crippen LogP contribution in [0.5, 0.6) is 0 Å². The van der Waals surface area contributed by atoms with Crippen molar-refractivity contribution in [3.8, 4) is 6.07 Å². The van der Waals surface area contributed by atoms with Crippen molar-refractivity contribution in [3.63, 3.8) is 0 Å². The standard InChI is InChI=1S/C22H19N3/c23-13-16-6-8-20-18(10-16)7-9-21(24-20)25-14-22(15-25)11-19(12-22)17-4-2-1-3-5-17/h1-10,19H,11-12,14-15H2. The number of anilines is 1. The van der Waals surface area contributed by atoms with Crippen molar-refractivity contribution in [2.24, 2.45) is 5.41 Å². The SMILES string of the molecule is N#Cc1ccc2nc(N3CC4(CC(c5ccccc5)C4)C3)ccc2c1. The smallest absolute Gasteiger partial charge is 0.129 e. The zero-order chi connectivity index (χ0) is 16.9. The molecule has 3 aromatic rings. The zero-order valence-corrected chi connectivity index (χ0v) is 14.0. The van der Waals surface area contributed by atoms with E-state index in [2.05, 4.69) is 53.4 Å². The molecule has 0 amide bonds. The lowest BCUT2D eigenvalue weighted by molar-refractivity contribution is 0.0628. The third-order valence-corrected chi connectivity index (χ3v) is 5.81. The highest BCUT2D eigenvalue weighted by Crippen LogP contribution is 2.56. The summed E-state index contributed by atoms with van der Waals surface area (Å²) >= 11 is 0. The van der Waals surface area contributed by atoms with Gasteiger partial charge in [-0.3, -0.25) is 0 Å². The Morgan fingerprint density at radius 1 is 1.00 bits per heavy atom. The van der Waals surface area contributed by atoms with Gasteiger partial charge in [-0.25, -0.2) is 4.98 Å². The van der Waals surface area contributed by atoms with Crippen LogP contribution >= 0.6 is 0 Å². The molecular formula is C22H19N3. The van der Waals surface area contributed by atoms with Gasteiger partial charge in [0.25, 0.3) is 0 Å². The van der Waals surface area contributed by atoms with Crippen LogP contribution < -0.4 is 4.90 Å². The number of benzene rings is 2. The summed E-state index contributed by atoms with van der Waals surface area (Å²) in [6.07, 6.45) is 2.60. The van der Waals surface area contributed by atoms with Gasteiger partial charge in [0.15, 0.2) is 0 Å². The molecule has 0 bridgehead atoms. The van der Waals surface area contributed by atoms with E-state index in [1.54, 1.807) is 0 Å². The average molecular weight is 325 g/mol. The quantitative estimate of drug-likeness (QED) is 0.697. The number of aromatic nitrogens is 1. The van der Waals surface area contributed by atoms with Crippen molar-refractivity contribution in [2.45, 2.75) is 18.8 Å². The molecule has 3 nitrogen and oxygen atoms in total. The number of hydrogen-bond donors (Lipinski definition) is 0. The lowest BCUT2D eigenvalue weighted by atomic mass is 9.56. The number of fused-ring (bicyclic) bond motifs is 1. The lowest BCUT2D eigenvalue weighted by Crippen LogP contribution is -2.62. The highest BCUT2D eigenvalue weighted by Gasteiger charge is 2.52. The predicted molar refractivity (Wildman–Crippen MR) is 99.5 cm³/mol. The molecule has 0 radical (unpaired) electrons. The summed E-state index contributed by atoms with van der Waals surface area (Å²) < 4.78 is 0. The topological polar surface area (TPSA) is 39.9 Å². The van der Waals surface area contributed by atoms with Crippen LogP contribution in [0.15, 0.2) is 60.7 Å². The van der Waals surface area contributed by atoms with Crippen LogP contribution in [0, 0.1) is 16.7 Å². The molecule has 3 heteroatoms. The third-order valence-electron chi connectivity index (χ3n) is 5.81. The second kappa shape index (κ2) is 5.32. The predicted octanol–water partition coefficient (Wildman–Crippen LogP) is 4.49. The Kier molecular flexibility index (Phi) is 3.08. The first kappa shape index (κ1) is 14.5. The summed E-state index contributed by atoms with van der Waals surface area (Å²) in [5, 5.41) is 10.0. The van der Waals surface area contributed by atoms with Gasteiger partial charge < -0.3 is 4.90 Å². The van der Waals surface area contributed by atoms with E-state index in [1.165, 1.54) is 18.4 Å². The van der Waals surface area contributed by atoms with Crippen LogP contribution in [-0.4, -0.2) is 18.1 Å². The molecule has 1 saturated heterocycles. The highest BCUT2D eigenvalue weighted by molar-refractivity contribution is 5.82. The molecule has 1 saturated carbocycles. The highest BCUT2D eigenvalue weighted by atomic mass is 15.3. The Morgan fingerprint density at radius 3 is 2.56 bits per heavy atom. The molecule has 1 spiro atoms. The number of nitriles is 1. The van der Waals surface area contributed by atoms with E-state index < -0.39 is 0 Å². The van der Waals surface area contributed by atoms with Gasteiger partial charge in [0.2, 0.25) is 0 Å². The summed E-state index contributed by atoms with van der Waals surface area (Å²) in [6, 6.07) is 22.9. The van der Waals surface area contributed by atoms with Crippen molar-refractivity contribution in [3.05, 3.63) is 71.8 Å². The molecule has 0 unspecified atom stereocenters. The van der Waals surface area contributed by atoms with Crippen LogP contribution in [0.25, 0.3) is 10.9 Å². The summed E-state index contributed by atoms with van der Waals surface area (Å²) in [5.41, 5.74) is 3.64. The molecule has 0 atom stereocenters. The van der Waals surface area contributed by atoms with E-state index in [0.717, 1.165) is 35.7 Å². The van der Waals surface area contributed by atoms with Crippen LogP contribution in [0.4, 0.5) is 5.82 Å². The van der Waals surface area contributed by atoms with E-state index in [9.17, 15) is 0 Å². The summed E-state index contributed by atoms with van der Waals surface area (Å²) in [6.45, 7) is 2.23. The molecule has 122 valence electrons. The van der Waals surface area contributed by atoms with Crippen molar-refractivity contribution in [1.82, 2.24) is 4.98 Å². The monoisotopic (exact) mass is 325 g/mol. The molecule has 1 aliphatic heterocycles. The van der Waals surface area contributed by atoms with Gasteiger partial charge in [-0.05, 0) is 54.7 Å². The van der Waals surface area contributed by atoms with Crippen LogP contribution in [0.1, 0.15) is 29.9 Å². The molecule has 2 fully saturated rings. The minimum atomic E-state index is 0.502. The second-order valence-corrected chi connectivity index (χ2v) is 7.56. The first-order valence-electron chi connectivity index (χ1n) is 8.86. The van der Waals surface area contributed by atoms with E-state index >= 15 is 0 Å². The Hall–Kier alpha value is -2.86. The normalized spacial score (nSPS) is 18.6. The third kappa shape index (κ3) is 2.37. The summed E-state index contributed by atoms with van der Waals surface area (Å²) in [7, 11) is 0. The number of hydrogen-bond acceptors (Lipinski definition) is 3. The molecule has 0 N–H and O–H groups in total. The zero-order valence-electron chi connectivity index (χ0n) is 14.0. The maximum Gasteiger partial charge on any atom is 0.129 e. The van der Waals surface area contributed by atoms with Crippen LogP contribution in [0.2, 0.25) is 0 Å². The van der Waals surface area contributed by atoms with Crippen molar-refractivity contribution in [1.29, 1.82) is 5.26 Å². The van der Waals surface area contributed by atoms with E-state index in [4.69, 9.17) is 10.2 Å². The number of rotatable bonds is 2. The fraction of sp³-hybridized carbons (Fsp3) is 0.273. The van der Waals surface area contributed by atoms with Gasteiger partial charge in [0.1, 0.15) is 5.82 Å². The summed E-state index contributed by atoms with van der Waals surface area (Å²) in [5.74, 6) is 1.79. The first-order chi connectivity index (χ1) is 12.2. The fourth-order valence-electron chi connectivity index (χ4n) is 4.49. The maximum absolute atomic E-state index is 9.00. The molecule has 5 rings (SSSR count). The molecule has 1 aliphatic carbocycles. The van der Waals surface area contributed by atoms with Gasteiger partial charge in [-0.2, -0.15) is 5.26 Å². The maximum atomic E-state index is 9.00. The minimum absolute atomic E-state index is 0.502. The second-order valence-electron chi connectivity index (χ2n) is 7.56. The molecule has 25 heavy (non-hydrogen) atoms. The first-order valence-corrected chi connectivity index (χ1v) is 8.86. The van der Waals surface area contributed by atoms with E-state index in [-0.39, 0.29) is 0 Å². The van der Waals surface area contributed by atoms with E-state index in [1.807, 2.05) is 18.2 Å².